The maximum Gasteiger partial charge on any atom is 0.411 e. The van der Waals surface area contributed by atoms with Crippen molar-refractivity contribution in [2.45, 2.75) is 63.6 Å². The Hall–Kier alpha value is -3.17. The Balaban J connectivity index is 1.65. The van der Waals surface area contributed by atoms with Gasteiger partial charge in [0.15, 0.2) is 16.6 Å². The summed E-state index contributed by atoms with van der Waals surface area (Å²) >= 11 is 1.56. The number of carbonyl (C=O) groups excluding carboxylic acids is 1. The second-order valence-electron chi connectivity index (χ2n) is 9.99. The molecule has 0 bridgehead atoms. The first-order valence-electron chi connectivity index (χ1n) is 12.7. The van der Waals surface area contributed by atoms with Crippen LogP contribution in [0.4, 0.5) is 4.79 Å². The molecule has 4 rings (SSSR count). The number of methoxy groups -OCH3 is 2. The average molecular weight is 541 g/mol. The number of thioether (sulfide) groups is 1. The predicted octanol–water partition coefficient (Wildman–Crippen LogP) is 6.74. The standard InChI is InChI=1S/C29H36N2O6S/c1-7-38-27-25(20-13-14-23(33-5)24(15-20)34-6)30-26(36-27)22-16-21(35-18-19-11-9-8-10-12-19)17-31(22)28(32)37-29(2,3)4/h8-15,21-22H,7,16-18H2,1-6H3/t21-,22+/m1/s1. The second-order valence-corrected chi connectivity index (χ2v) is 11.2. The average Bonchev–Trinajstić information content (AvgIpc) is 3.51. The number of benzene rings is 2. The number of carbonyl (C=O) groups is 1. The van der Waals surface area contributed by atoms with Gasteiger partial charge in [0, 0.05) is 12.0 Å². The van der Waals surface area contributed by atoms with Gasteiger partial charge in [0.1, 0.15) is 17.3 Å². The first-order chi connectivity index (χ1) is 18.2. The highest BCUT2D eigenvalue weighted by Crippen LogP contribution is 2.41. The zero-order valence-electron chi connectivity index (χ0n) is 22.9. The Labute approximate surface area is 228 Å². The molecule has 3 aromatic rings. The van der Waals surface area contributed by atoms with E-state index in [0.717, 1.165) is 16.9 Å². The van der Waals surface area contributed by atoms with Crippen LogP contribution in [-0.4, -0.2) is 54.2 Å². The molecule has 0 unspecified atom stereocenters. The summed E-state index contributed by atoms with van der Waals surface area (Å²) in [4.78, 5) is 19.8. The third kappa shape index (κ3) is 6.63. The van der Waals surface area contributed by atoms with Gasteiger partial charge in [-0.15, -0.1) is 0 Å². The van der Waals surface area contributed by atoms with E-state index in [1.165, 1.54) is 0 Å². The van der Waals surface area contributed by atoms with E-state index in [4.69, 9.17) is 28.3 Å². The Kier molecular flexibility index (Phi) is 8.89. The van der Waals surface area contributed by atoms with Gasteiger partial charge in [0.05, 0.1) is 33.5 Å². The molecule has 2 aromatic carbocycles. The Bertz CT molecular complexity index is 1220. The molecule has 0 spiro atoms. The number of likely N-dealkylation sites (tertiary alicyclic amines) is 1. The van der Waals surface area contributed by atoms with Crippen molar-refractivity contribution in [3.63, 3.8) is 0 Å². The summed E-state index contributed by atoms with van der Waals surface area (Å²) in [6, 6.07) is 15.2. The quantitative estimate of drug-likeness (QED) is 0.276. The van der Waals surface area contributed by atoms with E-state index in [1.54, 1.807) is 30.9 Å². The minimum atomic E-state index is -0.630. The Morgan fingerprint density at radius 3 is 2.50 bits per heavy atom. The van der Waals surface area contributed by atoms with Crippen LogP contribution in [0, 0.1) is 0 Å². The van der Waals surface area contributed by atoms with Gasteiger partial charge in [0.25, 0.3) is 0 Å². The molecule has 0 aliphatic carbocycles. The van der Waals surface area contributed by atoms with Gasteiger partial charge in [-0.05, 0) is 50.3 Å². The minimum absolute atomic E-state index is 0.188. The monoisotopic (exact) mass is 540 g/mol. The van der Waals surface area contributed by atoms with E-state index in [9.17, 15) is 4.79 Å². The molecule has 9 heteroatoms. The Morgan fingerprint density at radius 1 is 1.11 bits per heavy atom. The molecule has 1 aliphatic rings. The molecule has 2 heterocycles. The molecule has 1 fully saturated rings. The molecule has 0 radical (unpaired) electrons. The van der Waals surface area contributed by atoms with Crippen molar-refractivity contribution in [2.24, 2.45) is 0 Å². The number of hydrogen-bond acceptors (Lipinski definition) is 8. The lowest BCUT2D eigenvalue weighted by Crippen LogP contribution is -2.37. The van der Waals surface area contributed by atoms with Crippen LogP contribution >= 0.6 is 11.8 Å². The van der Waals surface area contributed by atoms with Crippen molar-refractivity contribution in [1.82, 2.24) is 9.88 Å². The molecule has 0 saturated carbocycles. The number of nitrogens with zero attached hydrogens (tertiary/aromatic N) is 2. The van der Waals surface area contributed by atoms with E-state index in [-0.39, 0.29) is 6.10 Å². The lowest BCUT2D eigenvalue weighted by molar-refractivity contribution is 0.0135. The first kappa shape index (κ1) is 27.9. The van der Waals surface area contributed by atoms with Crippen molar-refractivity contribution < 1.29 is 28.2 Å². The van der Waals surface area contributed by atoms with Crippen molar-refractivity contribution in [2.75, 3.05) is 26.5 Å². The molecule has 8 nitrogen and oxygen atoms in total. The highest BCUT2D eigenvalue weighted by molar-refractivity contribution is 7.99. The van der Waals surface area contributed by atoms with E-state index in [2.05, 4.69) is 6.92 Å². The van der Waals surface area contributed by atoms with Gasteiger partial charge in [-0.2, -0.15) is 0 Å². The van der Waals surface area contributed by atoms with Crippen molar-refractivity contribution in [3.8, 4) is 22.8 Å². The second kappa shape index (κ2) is 12.1. The van der Waals surface area contributed by atoms with Crippen LogP contribution < -0.4 is 9.47 Å². The van der Waals surface area contributed by atoms with E-state index >= 15 is 0 Å². The first-order valence-corrected chi connectivity index (χ1v) is 13.7. The molecule has 2 atom stereocenters. The summed E-state index contributed by atoms with van der Waals surface area (Å²) in [5.74, 6) is 2.50. The highest BCUT2D eigenvalue weighted by Gasteiger charge is 2.42. The normalized spacial score (nSPS) is 17.5. The number of ether oxygens (including phenoxy) is 4. The van der Waals surface area contributed by atoms with Crippen LogP contribution in [0.1, 0.15) is 51.6 Å². The van der Waals surface area contributed by atoms with Gasteiger partial charge >= 0.3 is 6.09 Å². The maximum absolute atomic E-state index is 13.2. The minimum Gasteiger partial charge on any atom is -0.493 e. The highest BCUT2D eigenvalue weighted by atomic mass is 32.2. The Morgan fingerprint density at radius 2 is 1.84 bits per heavy atom. The zero-order valence-corrected chi connectivity index (χ0v) is 23.7. The van der Waals surface area contributed by atoms with Gasteiger partial charge in [-0.3, -0.25) is 4.90 Å². The van der Waals surface area contributed by atoms with Crippen LogP contribution in [0.25, 0.3) is 11.3 Å². The summed E-state index contributed by atoms with van der Waals surface area (Å²) in [6.07, 6.45) is -0.0518. The van der Waals surface area contributed by atoms with Gasteiger partial charge < -0.3 is 23.4 Å². The summed E-state index contributed by atoms with van der Waals surface area (Å²) in [5.41, 5.74) is 1.99. The third-order valence-electron chi connectivity index (χ3n) is 6.05. The van der Waals surface area contributed by atoms with Crippen molar-refractivity contribution >= 4 is 17.9 Å². The number of aromatic nitrogens is 1. The fraction of sp³-hybridized carbons (Fsp3) is 0.448. The lowest BCUT2D eigenvalue weighted by atomic mass is 10.1. The maximum atomic E-state index is 13.2. The largest absolute Gasteiger partial charge is 0.493 e. The van der Waals surface area contributed by atoms with Gasteiger partial charge in [0.2, 0.25) is 5.89 Å². The van der Waals surface area contributed by atoms with Crippen LogP contribution in [0.2, 0.25) is 0 Å². The van der Waals surface area contributed by atoms with Crippen molar-refractivity contribution in [3.05, 3.63) is 60.0 Å². The fourth-order valence-corrected chi connectivity index (χ4v) is 5.03. The number of amides is 1. The molecule has 1 aromatic heterocycles. The molecular formula is C29H36N2O6S. The predicted molar refractivity (Wildman–Crippen MR) is 147 cm³/mol. The van der Waals surface area contributed by atoms with E-state index in [0.29, 0.717) is 47.7 Å². The lowest BCUT2D eigenvalue weighted by Gasteiger charge is -2.27. The molecule has 0 N–H and O–H groups in total. The van der Waals surface area contributed by atoms with Crippen LogP contribution in [0.3, 0.4) is 0 Å². The van der Waals surface area contributed by atoms with Crippen LogP contribution in [-0.2, 0) is 16.1 Å². The van der Waals surface area contributed by atoms with Gasteiger partial charge in [-0.1, -0.05) is 49.0 Å². The third-order valence-corrected chi connectivity index (χ3v) is 6.88. The molecule has 1 saturated heterocycles. The van der Waals surface area contributed by atoms with E-state index in [1.807, 2.05) is 69.3 Å². The summed E-state index contributed by atoms with van der Waals surface area (Å²) < 4.78 is 29.2. The molecular weight excluding hydrogens is 504 g/mol. The van der Waals surface area contributed by atoms with Gasteiger partial charge in [-0.25, -0.2) is 9.78 Å². The number of rotatable bonds is 9. The topological polar surface area (TPSA) is 83.3 Å². The van der Waals surface area contributed by atoms with Crippen LogP contribution in [0.15, 0.2) is 58.0 Å². The number of oxazole rings is 1. The molecule has 1 aliphatic heterocycles. The zero-order chi connectivity index (χ0) is 27.3. The summed E-state index contributed by atoms with van der Waals surface area (Å²) in [6.45, 7) is 8.47. The summed E-state index contributed by atoms with van der Waals surface area (Å²) in [5, 5.41) is 0.688. The number of hydrogen-bond donors (Lipinski definition) is 0. The summed E-state index contributed by atoms with van der Waals surface area (Å²) in [7, 11) is 3.20. The molecule has 1 amide bonds. The van der Waals surface area contributed by atoms with E-state index < -0.39 is 17.7 Å². The molecule has 38 heavy (non-hydrogen) atoms. The molecule has 204 valence electrons. The smallest absolute Gasteiger partial charge is 0.411 e. The SMILES string of the molecule is CCSc1oc([C@@H]2C[C@@H](OCc3ccccc3)CN2C(=O)OC(C)(C)C)nc1-c1ccc(OC)c(OC)c1. The van der Waals surface area contributed by atoms with Crippen molar-refractivity contribution in [1.29, 1.82) is 0 Å². The fourth-order valence-electron chi connectivity index (χ4n) is 4.32. The van der Waals surface area contributed by atoms with Crippen LogP contribution in [0.5, 0.6) is 11.5 Å².